The molecule has 156 valence electrons. The minimum absolute atomic E-state index is 0.0365. The Balaban J connectivity index is 1.35. The van der Waals surface area contributed by atoms with E-state index >= 15 is 0 Å². The predicted octanol–water partition coefficient (Wildman–Crippen LogP) is 3.76. The zero-order valence-electron chi connectivity index (χ0n) is 17.7. The predicted molar refractivity (Wildman–Crippen MR) is 117 cm³/mol. The maximum atomic E-state index is 12.9. The zero-order valence-corrected chi connectivity index (χ0v) is 17.7. The number of rotatable bonds is 5. The molecule has 1 aliphatic heterocycles. The fourth-order valence-corrected chi connectivity index (χ4v) is 4.22. The molecule has 5 nitrogen and oxygen atoms in total. The first-order valence-electron chi connectivity index (χ1n) is 10.6. The van der Waals surface area contributed by atoms with E-state index in [1.54, 1.807) is 0 Å². The van der Waals surface area contributed by atoms with E-state index in [0.29, 0.717) is 44.5 Å². The Hall–Kier alpha value is -2.92. The Morgan fingerprint density at radius 2 is 1.67 bits per heavy atom. The standard InChI is InChI=1S/C25H29N3O2/c1-19-16-20(2)28(26-19)18-22-8-10-23(11-9-22)24(29)27-14-12-25(30,13-15-27)17-21-6-4-3-5-7-21/h3-11,16,30H,12-15,17-18H2,1-2H3. The molecular formula is C25H29N3O2. The number of amides is 1. The van der Waals surface area contributed by atoms with Gasteiger partial charge in [0.15, 0.2) is 0 Å². The van der Waals surface area contributed by atoms with Gasteiger partial charge in [0.1, 0.15) is 0 Å². The van der Waals surface area contributed by atoms with E-state index in [9.17, 15) is 9.90 Å². The number of aliphatic hydroxyl groups is 1. The number of piperidine rings is 1. The molecule has 0 radical (unpaired) electrons. The largest absolute Gasteiger partial charge is 0.389 e. The van der Waals surface area contributed by atoms with Gasteiger partial charge in [-0.25, -0.2) is 0 Å². The molecule has 0 bridgehead atoms. The molecule has 1 aliphatic rings. The van der Waals surface area contributed by atoms with E-state index in [0.717, 1.165) is 22.5 Å². The molecule has 2 aromatic carbocycles. The van der Waals surface area contributed by atoms with Crippen LogP contribution in [0.3, 0.4) is 0 Å². The van der Waals surface area contributed by atoms with E-state index in [4.69, 9.17) is 0 Å². The molecule has 1 saturated heterocycles. The van der Waals surface area contributed by atoms with Gasteiger partial charge in [-0.05, 0) is 56.0 Å². The lowest BCUT2D eigenvalue weighted by Crippen LogP contribution is -2.47. The molecule has 2 heterocycles. The summed E-state index contributed by atoms with van der Waals surface area (Å²) >= 11 is 0. The van der Waals surface area contributed by atoms with Crippen LogP contribution in [-0.2, 0) is 13.0 Å². The van der Waals surface area contributed by atoms with Gasteiger partial charge in [0.25, 0.3) is 5.91 Å². The van der Waals surface area contributed by atoms with Crippen LogP contribution in [0, 0.1) is 13.8 Å². The van der Waals surface area contributed by atoms with Crippen LogP contribution in [-0.4, -0.2) is 44.4 Å². The van der Waals surface area contributed by atoms with Gasteiger partial charge in [0.05, 0.1) is 17.8 Å². The number of hydrogen-bond donors (Lipinski definition) is 1. The molecule has 0 aliphatic carbocycles. The van der Waals surface area contributed by atoms with E-state index < -0.39 is 5.60 Å². The van der Waals surface area contributed by atoms with Gasteiger partial charge in [-0.3, -0.25) is 9.48 Å². The van der Waals surface area contributed by atoms with Crippen molar-refractivity contribution in [3.63, 3.8) is 0 Å². The SMILES string of the molecule is Cc1cc(C)n(Cc2ccc(C(=O)N3CCC(O)(Cc4ccccc4)CC3)cc2)n1. The summed E-state index contributed by atoms with van der Waals surface area (Å²) in [6.45, 7) is 5.90. The second kappa shape index (κ2) is 8.44. The van der Waals surface area contributed by atoms with Crippen LogP contribution in [0.15, 0.2) is 60.7 Å². The fraction of sp³-hybridized carbons (Fsp3) is 0.360. The topological polar surface area (TPSA) is 58.4 Å². The second-order valence-corrected chi connectivity index (χ2v) is 8.46. The number of aromatic nitrogens is 2. The third kappa shape index (κ3) is 4.62. The summed E-state index contributed by atoms with van der Waals surface area (Å²) in [6, 6.07) is 19.9. The maximum Gasteiger partial charge on any atom is 0.253 e. The Morgan fingerprint density at radius 1 is 1.00 bits per heavy atom. The first kappa shape index (κ1) is 20.4. The number of nitrogens with zero attached hydrogens (tertiary/aromatic N) is 3. The summed E-state index contributed by atoms with van der Waals surface area (Å²) in [6.07, 6.45) is 1.84. The van der Waals surface area contributed by atoms with Gasteiger partial charge in [-0.1, -0.05) is 42.5 Å². The smallest absolute Gasteiger partial charge is 0.253 e. The highest BCUT2D eigenvalue weighted by Crippen LogP contribution is 2.27. The van der Waals surface area contributed by atoms with Gasteiger partial charge in [-0.2, -0.15) is 5.10 Å². The highest BCUT2D eigenvalue weighted by molar-refractivity contribution is 5.94. The molecule has 5 heteroatoms. The lowest BCUT2D eigenvalue weighted by molar-refractivity contribution is -0.0162. The van der Waals surface area contributed by atoms with Crippen LogP contribution in [0.1, 0.15) is 45.7 Å². The van der Waals surface area contributed by atoms with Gasteiger partial charge in [0, 0.05) is 30.8 Å². The van der Waals surface area contributed by atoms with Crippen LogP contribution >= 0.6 is 0 Å². The first-order chi connectivity index (χ1) is 14.4. The van der Waals surface area contributed by atoms with Crippen molar-refractivity contribution < 1.29 is 9.90 Å². The molecule has 0 saturated carbocycles. The summed E-state index contributed by atoms with van der Waals surface area (Å²) in [4.78, 5) is 14.8. The van der Waals surface area contributed by atoms with Crippen molar-refractivity contribution >= 4 is 5.91 Å². The Bertz CT molecular complexity index is 1000. The summed E-state index contributed by atoms with van der Waals surface area (Å²) in [5, 5.41) is 15.4. The van der Waals surface area contributed by atoms with E-state index in [1.165, 1.54) is 0 Å². The lowest BCUT2D eigenvalue weighted by Gasteiger charge is -2.38. The average molecular weight is 404 g/mol. The Kier molecular flexibility index (Phi) is 5.73. The molecule has 0 atom stereocenters. The molecule has 1 amide bonds. The molecule has 3 aromatic rings. The second-order valence-electron chi connectivity index (χ2n) is 8.46. The third-order valence-electron chi connectivity index (χ3n) is 5.99. The minimum Gasteiger partial charge on any atom is -0.389 e. The maximum absolute atomic E-state index is 12.9. The van der Waals surface area contributed by atoms with E-state index in [-0.39, 0.29) is 5.91 Å². The van der Waals surface area contributed by atoms with Crippen molar-refractivity contribution in [3.05, 3.63) is 88.7 Å². The molecule has 30 heavy (non-hydrogen) atoms. The molecule has 1 fully saturated rings. The van der Waals surface area contributed by atoms with Crippen molar-refractivity contribution in [1.29, 1.82) is 0 Å². The van der Waals surface area contributed by atoms with Gasteiger partial charge in [0.2, 0.25) is 0 Å². The number of likely N-dealkylation sites (tertiary alicyclic amines) is 1. The van der Waals surface area contributed by atoms with Gasteiger partial charge < -0.3 is 10.0 Å². The highest BCUT2D eigenvalue weighted by atomic mass is 16.3. The minimum atomic E-state index is -0.734. The van der Waals surface area contributed by atoms with Gasteiger partial charge in [-0.15, -0.1) is 0 Å². The molecule has 4 rings (SSSR count). The number of carbonyl (C=O) groups is 1. The fourth-order valence-electron chi connectivity index (χ4n) is 4.22. The van der Waals surface area contributed by atoms with Crippen molar-refractivity contribution in [3.8, 4) is 0 Å². The molecule has 0 unspecified atom stereocenters. The van der Waals surface area contributed by atoms with Crippen LogP contribution in [0.4, 0.5) is 0 Å². The number of aryl methyl sites for hydroxylation is 2. The summed E-state index contributed by atoms with van der Waals surface area (Å²) < 4.78 is 1.98. The quantitative estimate of drug-likeness (QED) is 0.706. The highest BCUT2D eigenvalue weighted by Gasteiger charge is 2.34. The molecular weight excluding hydrogens is 374 g/mol. The number of benzene rings is 2. The lowest BCUT2D eigenvalue weighted by atomic mass is 9.85. The Morgan fingerprint density at radius 3 is 2.27 bits per heavy atom. The summed E-state index contributed by atoms with van der Waals surface area (Å²) in [5.41, 5.74) is 4.36. The third-order valence-corrected chi connectivity index (χ3v) is 5.99. The van der Waals surface area contributed by atoms with E-state index in [1.807, 2.05) is 78.0 Å². The zero-order chi connectivity index (χ0) is 21.1. The summed E-state index contributed by atoms with van der Waals surface area (Å²) in [5.74, 6) is 0.0365. The average Bonchev–Trinajstić information content (AvgIpc) is 3.06. The van der Waals surface area contributed by atoms with Crippen molar-refractivity contribution in [2.45, 2.75) is 45.3 Å². The molecule has 1 N–H and O–H groups in total. The molecule has 0 spiro atoms. The van der Waals surface area contributed by atoms with Crippen LogP contribution in [0.5, 0.6) is 0 Å². The van der Waals surface area contributed by atoms with Gasteiger partial charge >= 0.3 is 0 Å². The number of carbonyl (C=O) groups excluding carboxylic acids is 1. The molecule has 1 aromatic heterocycles. The van der Waals surface area contributed by atoms with Crippen molar-refractivity contribution in [2.24, 2.45) is 0 Å². The van der Waals surface area contributed by atoms with Crippen molar-refractivity contribution in [1.82, 2.24) is 14.7 Å². The van der Waals surface area contributed by atoms with Crippen LogP contribution in [0.25, 0.3) is 0 Å². The summed E-state index contributed by atoms with van der Waals surface area (Å²) in [7, 11) is 0. The van der Waals surface area contributed by atoms with Crippen LogP contribution < -0.4 is 0 Å². The monoisotopic (exact) mass is 403 g/mol. The van der Waals surface area contributed by atoms with Crippen LogP contribution in [0.2, 0.25) is 0 Å². The Labute approximate surface area is 178 Å². The van der Waals surface area contributed by atoms with E-state index in [2.05, 4.69) is 11.2 Å². The number of hydrogen-bond acceptors (Lipinski definition) is 3. The normalized spacial score (nSPS) is 15.9. The van der Waals surface area contributed by atoms with Crippen molar-refractivity contribution in [2.75, 3.05) is 13.1 Å². The first-order valence-corrected chi connectivity index (χ1v) is 10.6.